The van der Waals surface area contributed by atoms with E-state index in [9.17, 15) is 4.39 Å². The molecule has 0 aromatic heterocycles. The molecule has 3 fully saturated rings. The number of hydrogen-bond acceptors (Lipinski definition) is 6. The second-order valence-electron chi connectivity index (χ2n) is 11.7. The number of rotatable bonds is 5. The highest BCUT2D eigenvalue weighted by Gasteiger charge is 2.40. The average molecular weight is 511 g/mol. The Balaban J connectivity index is 1.30. The van der Waals surface area contributed by atoms with Crippen molar-refractivity contribution in [3.63, 3.8) is 0 Å². The fourth-order valence-electron chi connectivity index (χ4n) is 5.46. The van der Waals surface area contributed by atoms with Gasteiger partial charge in [0.1, 0.15) is 5.82 Å². The van der Waals surface area contributed by atoms with Gasteiger partial charge in [-0.1, -0.05) is 40.1 Å². The van der Waals surface area contributed by atoms with E-state index in [4.69, 9.17) is 9.47 Å². The van der Waals surface area contributed by atoms with Crippen molar-refractivity contribution in [2.45, 2.75) is 93.5 Å². The molecule has 1 aromatic carbocycles. The zero-order valence-electron chi connectivity index (χ0n) is 21.4. The zero-order valence-corrected chi connectivity index (χ0v) is 23.0. The molecule has 0 radical (unpaired) electrons. The Morgan fingerprint density at radius 2 is 1.53 bits per heavy atom. The summed E-state index contributed by atoms with van der Waals surface area (Å²) < 4.78 is 26.0. The Hall–Kier alpha value is -0.310. The molecule has 192 valence electrons. The van der Waals surface area contributed by atoms with E-state index in [1.807, 2.05) is 33.7 Å². The maximum Gasteiger partial charge on any atom is 0.194 e. The summed E-state index contributed by atoms with van der Waals surface area (Å²) in [5, 5.41) is 7.81. The maximum absolute atomic E-state index is 13.4. The normalized spacial score (nSPS) is 31.4. The van der Waals surface area contributed by atoms with Crippen LogP contribution in [0.2, 0.25) is 0 Å². The number of benzene rings is 1. The molecule has 1 aliphatic carbocycles. The SMILES string of the molecule is CC1(C)CNCC2(CCC(CCCC3(c4ccc(F)cc4)OCCO3)CC2)NCC(C)(C)SS1. The fourth-order valence-corrected chi connectivity index (χ4v) is 7.91. The monoisotopic (exact) mass is 510 g/mol. The van der Waals surface area contributed by atoms with Crippen LogP contribution in [0.3, 0.4) is 0 Å². The van der Waals surface area contributed by atoms with Crippen LogP contribution < -0.4 is 10.6 Å². The van der Waals surface area contributed by atoms with Crippen LogP contribution in [-0.2, 0) is 15.3 Å². The predicted octanol–water partition coefficient (Wildman–Crippen LogP) is 6.26. The van der Waals surface area contributed by atoms with Crippen LogP contribution >= 0.6 is 21.6 Å². The largest absolute Gasteiger partial charge is 0.343 e. The number of nitrogens with one attached hydrogen (secondary N) is 2. The fraction of sp³-hybridized carbons (Fsp3) is 0.778. The van der Waals surface area contributed by atoms with Crippen molar-refractivity contribution in [3.05, 3.63) is 35.6 Å². The van der Waals surface area contributed by atoms with Crippen LogP contribution in [0, 0.1) is 11.7 Å². The van der Waals surface area contributed by atoms with E-state index < -0.39 is 5.79 Å². The van der Waals surface area contributed by atoms with Gasteiger partial charge in [0.2, 0.25) is 0 Å². The molecule has 0 atom stereocenters. The van der Waals surface area contributed by atoms with Crippen LogP contribution in [0.1, 0.15) is 78.2 Å². The number of hydrogen-bond donors (Lipinski definition) is 2. The van der Waals surface area contributed by atoms with Gasteiger partial charge in [0.25, 0.3) is 0 Å². The highest BCUT2D eigenvalue weighted by Crippen LogP contribution is 2.45. The smallest absolute Gasteiger partial charge is 0.194 e. The topological polar surface area (TPSA) is 42.5 Å². The van der Waals surface area contributed by atoms with E-state index in [2.05, 4.69) is 38.3 Å². The van der Waals surface area contributed by atoms with Crippen molar-refractivity contribution in [2.75, 3.05) is 32.8 Å². The van der Waals surface area contributed by atoms with E-state index in [0.29, 0.717) is 13.2 Å². The first-order chi connectivity index (χ1) is 16.1. The van der Waals surface area contributed by atoms with E-state index in [1.165, 1.54) is 44.2 Å². The summed E-state index contributed by atoms with van der Waals surface area (Å²) >= 11 is 0. The van der Waals surface area contributed by atoms with E-state index in [1.54, 1.807) is 0 Å². The van der Waals surface area contributed by atoms with Crippen LogP contribution in [-0.4, -0.2) is 47.9 Å². The van der Waals surface area contributed by atoms with Gasteiger partial charge in [-0.05, 0) is 77.8 Å². The average Bonchev–Trinajstić information content (AvgIpc) is 3.28. The molecule has 1 aromatic rings. The van der Waals surface area contributed by atoms with E-state index >= 15 is 0 Å². The summed E-state index contributed by atoms with van der Waals surface area (Å²) in [5.41, 5.74) is 1.15. The van der Waals surface area contributed by atoms with Crippen molar-refractivity contribution in [1.29, 1.82) is 0 Å². The van der Waals surface area contributed by atoms with Crippen molar-refractivity contribution >= 4 is 21.6 Å². The lowest BCUT2D eigenvalue weighted by atomic mass is 9.74. The molecule has 34 heavy (non-hydrogen) atoms. The second kappa shape index (κ2) is 11.0. The first kappa shape index (κ1) is 26.7. The second-order valence-corrected chi connectivity index (χ2v) is 15.3. The third kappa shape index (κ3) is 6.92. The van der Waals surface area contributed by atoms with Gasteiger partial charge in [-0.3, -0.25) is 0 Å². The van der Waals surface area contributed by atoms with Gasteiger partial charge in [0, 0.05) is 46.7 Å². The van der Waals surface area contributed by atoms with Gasteiger partial charge >= 0.3 is 0 Å². The molecule has 4 nitrogen and oxygen atoms in total. The molecule has 2 saturated heterocycles. The van der Waals surface area contributed by atoms with Gasteiger partial charge in [-0.2, -0.15) is 0 Å². The van der Waals surface area contributed by atoms with Crippen LogP contribution in [0.25, 0.3) is 0 Å². The molecular formula is C27H43FN2O2S2. The molecule has 1 spiro atoms. The van der Waals surface area contributed by atoms with Crippen LogP contribution in [0.5, 0.6) is 0 Å². The first-order valence-corrected chi connectivity index (χ1v) is 15.1. The first-order valence-electron chi connectivity index (χ1n) is 13.0. The molecule has 3 aliphatic rings. The van der Waals surface area contributed by atoms with Crippen LogP contribution in [0.4, 0.5) is 4.39 Å². The van der Waals surface area contributed by atoms with Crippen LogP contribution in [0.15, 0.2) is 24.3 Å². The molecule has 2 N–H and O–H groups in total. The lowest BCUT2D eigenvalue weighted by Crippen LogP contribution is -2.58. The van der Waals surface area contributed by atoms with E-state index in [-0.39, 0.29) is 20.9 Å². The summed E-state index contributed by atoms with van der Waals surface area (Å²) in [5.74, 6) is -0.163. The summed E-state index contributed by atoms with van der Waals surface area (Å²) in [4.78, 5) is 0. The minimum absolute atomic E-state index is 0.208. The van der Waals surface area contributed by atoms with Gasteiger partial charge in [0.05, 0.1) is 13.2 Å². The summed E-state index contributed by atoms with van der Waals surface area (Å²) in [6, 6.07) is 6.62. The molecular weight excluding hydrogens is 467 g/mol. The van der Waals surface area contributed by atoms with Gasteiger partial charge in [-0.15, -0.1) is 0 Å². The molecule has 4 rings (SSSR count). The Bertz CT molecular complexity index is 788. The van der Waals surface area contributed by atoms with Gasteiger partial charge < -0.3 is 20.1 Å². The number of ether oxygens (including phenoxy) is 2. The minimum atomic E-state index is -0.695. The van der Waals surface area contributed by atoms with Crippen molar-refractivity contribution < 1.29 is 13.9 Å². The predicted molar refractivity (Wildman–Crippen MR) is 143 cm³/mol. The third-order valence-corrected chi connectivity index (χ3v) is 11.8. The molecule has 0 unspecified atom stereocenters. The van der Waals surface area contributed by atoms with E-state index in [0.717, 1.165) is 44.0 Å². The summed E-state index contributed by atoms with van der Waals surface area (Å²) in [7, 11) is 4.04. The van der Waals surface area contributed by atoms with Crippen molar-refractivity contribution in [1.82, 2.24) is 10.6 Å². The Morgan fingerprint density at radius 1 is 0.912 bits per heavy atom. The quantitative estimate of drug-likeness (QED) is 0.456. The molecule has 2 heterocycles. The van der Waals surface area contributed by atoms with Gasteiger partial charge in [-0.25, -0.2) is 4.39 Å². The zero-order chi connectivity index (χ0) is 24.3. The Kier molecular flexibility index (Phi) is 8.63. The third-order valence-electron chi connectivity index (χ3n) is 7.61. The molecule has 7 heteroatoms. The Labute approximate surface area is 213 Å². The number of halogens is 1. The summed E-state index contributed by atoms with van der Waals surface area (Å²) in [6.07, 6.45) is 8.10. The molecule has 0 amide bonds. The maximum atomic E-state index is 13.4. The lowest BCUT2D eigenvalue weighted by Gasteiger charge is -2.45. The van der Waals surface area contributed by atoms with Crippen molar-refractivity contribution in [2.24, 2.45) is 5.92 Å². The summed E-state index contributed by atoms with van der Waals surface area (Å²) in [6.45, 7) is 13.8. The van der Waals surface area contributed by atoms with Crippen molar-refractivity contribution in [3.8, 4) is 0 Å². The highest BCUT2D eigenvalue weighted by molar-refractivity contribution is 8.77. The lowest BCUT2D eigenvalue weighted by molar-refractivity contribution is -0.172. The Morgan fingerprint density at radius 3 is 2.18 bits per heavy atom. The minimum Gasteiger partial charge on any atom is -0.343 e. The van der Waals surface area contributed by atoms with Gasteiger partial charge in [0.15, 0.2) is 5.79 Å². The molecule has 2 aliphatic heterocycles. The standard InChI is InChI=1S/C27H43FN2O2S2/c1-24(2)18-29-20-26(30-19-25(3,4)34-33-24)14-11-21(12-15-26)6-5-13-27(31-16-17-32-27)22-7-9-23(28)10-8-22/h7-10,21,29-30H,5-6,11-20H2,1-4H3. The molecule has 0 bridgehead atoms. The molecule has 1 saturated carbocycles. The highest BCUT2D eigenvalue weighted by atomic mass is 33.1.